The van der Waals surface area contributed by atoms with E-state index in [1.807, 2.05) is 68.6 Å². The van der Waals surface area contributed by atoms with Gasteiger partial charge in [0, 0.05) is 67.0 Å². The number of ether oxygens (including phenoxy) is 6. The molecule has 29 nitrogen and oxygen atoms in total. The van der Waals surface area contributed by atoms with E-state index >= 15 is 0 Å². The second-order valence-corrected chi connectivity index (χ2v) is 28.9. The molecule has 578 valence electrons. The van der Waals surface area contributed by atoms with Crippen LogP contribution in [0.5, 0.6) is 28.7 Å². The average Bonchev–Trinajstić information content (AvgIpc) is 1.56. The number of benzene rings is 6. The summed E-state index contributed by atoms with van der Waals surface area (Å²) >= 11 is 0. The van der Waals surface area contributed by atoms with Gasteiger partial charge in [-0.05, 0) is 135 Å². The molecule has 5 atom stereocenters. The van der Waals surface area contributed by atoms with Crippen molar-refractivity contribution in [2.24, 2.45) is 16.4 Å². The zero-order valence-electron chi connectivity index (χ0n) is 62.8. The van der Waals surface area contributed by atoms with Crippen molar-refractivity contribution in [3.8, 4) is 28.7 Å². The number of fused-ring (bicyclic) bond motifs is 6. The molecule has 12 rings (SSSR count). The van der Waals surface area contributed by atoms with Crippen molar-refractivity contribution in [1.82, 2.24) is 36.4 Å². The van der Waals surface area contributed by atoms with Crippen molar-refractivity contribution in [1.29, 1.82) is 5.53 Å². The van der Waals surface area contributed by atoms with E-state index in [1.165, 1.54) is 33.3 Å². The van der Waals surface area contributed by atoms with E-state index in [9.17, 15) is 48.3 Å². The van der Waals surface area contributed by atoms with Gasteiger partial charge >= 0.3 is 6.09 Å². The quantitative estimate of drug-likeness (QED) is 0.0150. The summed E-state index contributed by atoms with van der Waals surface area (Å²) < 4.78 is 35.2. The maximum atomic E-state index is 14.5. The molecule has 5 aliphatic heterocycles. The Morgan fingerprint density at radius 1 is 0.682 bits per heavy atom. The van der Waals surface area contributed by atoms with Crippen molar-refractivity contribution >= 4 is 93.1 Å². The first-order chi connectivity index (χ1) is 53.0. The highest BCUT2D eigenvalue weighted by Gasteiger charge is 2.58. The van der Waals surface area contributed by atoms with Gasteiger partial charge in [0.1, 0.15) is 36.3 Å². The molecule has 2 unspecified atom stereocenters. The average molecular weight is 1500 g/mol. The van der Waals surface area contributed by atoms with E-state index in [0.29, 0.717) is 102 Å². The highest BCUT2D eigenvalue weighted by molar-refractivity contribution is 6.07. The van der Waals surface area contributed by atoms with E-state index in [4.69, 9.17) is 34.0 Å². The van der Waals surface area contributed by atoms with Crippen LogP contribution in [0, 0.1) is 16.9 Å². The fraction of sp³-hybridized carbons (Fsp3) is 0.395. The molecule has 5 heterocycles. The standard InChI is InChI=1S/C81H93N13O16/c1-46(2)72(89-70(97)41-84-69(96)40-83-68(95)28-29-71(98)91-42-51-16-10-11-17-55(51)73(85-47(3)4)74(90-82)56-18-12-13-19-60(56)91)76(100)86-48(5)75(99)87-53-24-20-49(21-25-53)44-110-80(104)94-61-38-66(64(107-8)36-58(61)78(102)93-45-81(30-31-81)39-62(93)79(94)103)109-33-15-9-14-32-108-65-37-59-57(35-63(65)106-7)77(101)92-43-52(34-67(92)88-59)50-22-26-54(105-6)27-23-50/h10-13,16-27,35-38,43,46-48,62,67,72,79,82,85,88,103H,9,14-15,28-34,39-42,44-45H2,1-8H3,(H,83,95)(H,84,96)(H,86,100)(H,87,99)(H,89,97)/b74-73-,90-82?/t48-,62?,67?,72-,79-/m0/s1. The molecule has 29 heteroatoms. The zero-order chi connectivity index (χ0) is 78.1. The Bertz CT molecular complexity index is 4600. The van der Waals surface area contributed by atoms with E-state index in [2.05, 4.69) is 42.3 Å². The molecule has 110 heavy (non-hydrogen) atoms. The van der Waals surface area contributed by atoms with Crippen LogP contribution in [0.4, 0.5) is 27.5 Å². The lowest BCUT2D eigenvalue weighted by Crippen LogP contribution is -2.55. The number of anilines is 4. The lowest BCUT2D eigenvalue weighted by molar-refractivity contribution is -0.132. The summed E-state index contributed by atoms with van der Waals surface area (Å²) in [5.74, 6) is -2.46. The summed E-state index contributed by atoms with van der Waals surface area (Å²) in [5.41, 5.74) is 15.9. The van der Waals surface area contributed by atoms with Gasteiger partial charge in [0.25, 0.3) is 11.8 Å². The van der Waals surface area contributed by atoms with Crippen molar-refractivity contribution in [3.63, 3.8) is 0 Å². The smallest absolute Gasteiger partial charge is 0.416 e. The Hall–Kier alpha value is -12.0. The molecule has 9 amide bonds. The summed E-state index contributed by atoms with van der Waals surface area (Å²) in [7, 11) is 4.60. The number of amides is 9. The number of para-hydroxylation sites is 1. The third-order valence-electron chi connectivity index (χ3n) is 20.5. The number of carbonyl (C=O) groups excluding carboxylic acids is 9. The molecule has 0 bridgehead atoms. The van der Waals surface area contributed by atoms with Gasteiger partial charge < -0.3 is 80.5 Å². The number of methoxy groups -OCH3 is 3. The first-order valence-electron chi connectivity index (χ1n) is 37.0. The van der Waals surface area contributed by atoms with Gasteiger partial charge in [0.2, 0.25) is 35.4 Å². The van der Waals surface area contributed by atoms with Crippen LogP contribution in [0.2, 0.25) is 0 Å². The Morgan fingerprint density at radius 2 is 1.35 bits per heavy atom. The Morgan fingerprint density at radius 3 is 2.02 bits per heavy atom. The molecule has 6 aliphatic rings. The number of aliphatic hydroxyl groups excluding tert-OH is 1. The zero-order valence-corrected chi connectivity index (χ0v) is 62.8. The summed E-state index contributed by atoms with van der Waals surface area (Å²) in [4.78, 5) is 129. The number of hydrogen-bond acceptors (Lipinski definition) is 20. The number of unbranched alkanes of at least 4 members (excludes halogenated alkanes) is 2. The van der Waals surface area contributed by atoms with Gasteiger partial charge in [-0.1, -0.05) is 80.6 Å². The van der Waals surface area contributed by atoms with Crippen LogP contribution >= 0.6 is 0 Å². The Balaban J connectivity index is 0.589. The van der Waals surface area contributed by atoms with Crippen LogP contribution in [0.25, 0.3) is 17.0 Å². The Kier molecular flexibility index (Phi) is 24.0. The van der Waals surface area contributed by atoms with Crippen molar-refractivity contribution in [2.45, 2.75) is 142 Å². The molecular formula is C81H93N13O16. The molecular weight excluding hydrogens is 1410 g/mol. The lowest BCUT2D eigenvalue weighted by atomic mass is 9.95. The van der Waals surface area contributed by atoms with Gasteiger partial charge in [-0.25, -0.2) is 15.2 Å². The van der Waals surface area contributed by atoms with Gasteiger partial charge in [-0.15, -0.1) is 0 Å². The molecule has 9 N–H and O–H groups in total. The van der Waals surface area contributed by atoms with Crippen LogP contribution in [0.15, 0.2) is 133 Å². The summed E-state index contributed by atoms with van der Waals surface area (Å²) in [6, 6.07) is 32.4. The molecule has 6 aromatic rings. The van der Waals surface area contributed by atoms with Crippen LogP contribution in [0.3, 0.4) is 0 Å². The maximum absolute atomic E-state index is 14.5. The van der Waals surface area contributed by atoms with Gasteiger partial charge in [0.05, 0.1) is 94.1 Å². The third-order valence-corrected chi connectivity index (χ3v) is 20.5. The number of carbonyl (C=O) groups is 9. The van der Waals surface area contributed by atoms with Crippen LogP contribution in [-0.4, -0.2) is 159 Å². The van der Waals surface area contributed by atoms with E-state index in [1.54, 1.807) is 96.3 Å². The Labute approximate surface area is 637 Å². The second kappa shape index (κ2) is 34.1. The number of rotatable bonds is 30. The SMILES string of the molecule is COc1ccc(C2=CN3C(=O)c4cc(OC)c(OCCCCCOc5cc6c(cc5OC)C(=O)N5CC7(CC7)CC5[C@H](O)N6C(=O)OCc5ccc(NC(=O)[C@H](C)NC(=O)[C@@H](NC(=O)CNC(=O)CNC(=O)CCC(=O)N6Cc7ccccc7/C(NC(C)C)=C(/N=N)c7ccccc76)C(C)C)cc5)cc4NC3C2)cc1. The fourth-order valence-electron chi connectivity index (χ4n) is 14.4. The molecule has 1 saturated heterocycles. The minimum Gasteiger partial charge on any atom is -0.497 e. The van der Waals surface area contributed by atoms with Gasteiger partial charge in [-0.3, -0.25) is 43.3 Å². The van der Waals surface area contributed by atoms with Crippen molar-refractivity contribution in [3.05, 3.63) is 166 Å². The molecule has 1 saturated carbocycles. The molecule has 6 aromatic carbocycles. The van der Waals surface area contributed by atoms with E-state index < -0.39 is 79.0 Å². The topological polar surface area (TPSA) is 363 Å². The normalized spacial score (nSPS) is 18.2. The molecule has 0 aromatic heterocycles. The second-order valence-electron chi connectivity index (χ2n) is 28.9. The minimum absolute atomic E-state index is 0.0151. The molecule has 1 aliphatic carbocycles. The molecule has 2 fully saturated rings. The first-order valence-corrected chi connectivity index (χ1v) is 37.0. The number of aliphatic hydroxyl groups is 1. The van der Waals surface area contributed by atoms with Crippen LogP contribution in [0.1, 0.15) is 141 Å². The molecule has 0 radical (unpaired) electrons. The minimum atomic E-state index is -1.48. The van der Waals surface area contributed by atoms with Gasteiger partial charge in [0.15, 0.2) is 29.2 Å². The number of nitrogens with zero attached hydrogens (tertiary/aromatic N) is 5. The third kappa shape index (κ3) is 17.4. The van der Waals surface area contributed by atoms with E-state index in [0.717, 1.165) is 45.8 Å². The number of nitrogens with one attached hydrogen (secondary N) is 8. The lowest BCUT2D eigenvalue weighted by Gasteiger charge is -2.32. The summed E-state index contributed by atoms with van der Waals surface area (Å²) in [6.45, 7) is 8.66. The first kappa shape index (κ1) is 77.6. The van der Waals surface area contributed by atoms with Crippen LogP contribution in [-0.2, 0) is 46.7 Å². The largest absolute Gasteiger partial charge is 0.497 e. The highest BCUT2D eigenvalue weighted by Crippen LogP contribution is 2.57. The van der Waals surface area contributed by atoms with E-state index in [-0.39, 0.29) is 90.7 Å². The molecule has 1 spiro atoms. The maximum Gasteiger partial charge on any atom is 0.416 e. The van der Waals surface area contributed by atoms with Gasteiger partial charge in [-0.2, -0.15) is 5.11 Å². The fourth-order valence-corrected chi connectivity index (χ4v) is 14.4. The van der Waals surface area contributed by atoms with Crippen LogP contribution < -0.4 is 70.7 Å². The predicted octanol–water partition coefficient (Wildman–Crippen LogP) is 9.45. The predicted molar refractivity (Wildman–Crippen MR) is 409 cm³/mol. The number of hydrogen-bond donors (Lipinski definition) is 9. The highest BCUT2D eigenvalue weighted by atomic mass is 16.6. The summed E-state index contributed by atoms with van der Waals surface area (Å²) in [6.07, 6.45) is 3.53. The van der Waals surface area contributed by atoms with Crippen molar-refractivity contribution in [2.75, 3.05) is 74.6 Å². The van der Waals surface area contributed by atoms with Crippen molar-refractivity contribution < 1.29 is 76.7 Å². The summed E-state index contributed by atoms with van der Waals surface area (Å²) in [5, 5.41) is 36.0. The monoisotopic (exact) mass is 1500 g/mol.